The van der Waals surface area contributed by atoms with Crippen LogP contribution in [0.5, 0.6) is 5.75 Å². The minimum Gasteiger partial charge on any atom is -0.497 e. The van der Waals surface area contributed by atoms with E-state index in [1.54, 1.807) is 7.11 Å². The highest BCUT2D eigenvalue weighted by atomic mass is 16.5. The average molecular weight is 456 g/mol. The molecule has 8 nitrogen and oxygen atoms in total. The van der Waals surface area contributed by atoms with E-state index in [1.165, 1.54) is 4.90 Å². The van der Waals surface area contributed by atoms with Crippen molar-refractivity contribution < 1.29 is 14.3 Å². The van der Waals surface area contributed by atoms with Crippen molar-refractivity contribution in [2.75, 3.05) is 17.3 Å². The van der Waals surface area contributed by atoms with E-state index >= 15 is 0 Å². The van der Waals surface area contributed by atoms with Gasteiger partial charge in [0, 0.05) is 0 Å². The third-order valence-corrected chi connectivity index (χ3v) is 7.09. The van der Waals surface area contributed by atoms with Gasteiger partial charge in [-0.2, -0.15) is 4.98 Å². The van der Waals surface area contributed by atoms with Crippen molar-refractivity contribution in [1.82, 2.24) is 14.8 Å². The number of allylic oxidation sites excluding steroid dienone is 2. The quantitative estimate of drug-likeness (QED) is 0.474. The summed E-state index contributed by atoms with van der Waals surface area (Å²) in [6.45, 7) is 0. The molecule has 34 heavy (non-hydrogen) atoms. The molecule has 0 unspecified atom stereocenters. The van der Waals surface area contributed by atoms with Crippen LogP contribution in [0.2, 0.25) is 0 Å². The molecule has 172 valence electrons. The number of rotatable bonds is 4. The summed E-state index contributed by atoms with van der Waals surface area (Å²) in [5, 5.41) is 8.17. The maximum Gasteiger partial charge on any atom is 0.260 e. The topological polar surface area (TPSA) is 89.4 Å². The number of carbonyl (C=O) groups excluding carboxylic acids is 2. The number of ether oxygens (including phenoxy) is 1. The molecule has 0 bridgehead atoms. The molecule has 1 aliphatic carbocycles. The second-order valence-corrected chi connectivity index (χ2v) is 8.98. The molecular weight excluding hydrogens is 430 g/mol. The Morgan fingerprint density at radius 1 is 0.912 bits per heavy atom. The number of nitrogens with zero attached hydrogens (tertiary/aromatic N) is 4. The molecule has 2 aromatic carbocycles. The predicted octanol–water partition coefficient (Wildman–Crippen LogP) is 3.89. The van der Waals surface area contributed by atoms with Crippen LogP contribution in [0.1, 0.15) is 42.5 Å². The van der Waals surface area contributed by atoms with Crippen molar-refractivity contribution in [3.8, 4) is 5.75 Å². The van der Waals surface area contributed by atoms with Gasteiger partial charge in [0.2, 0.25) is 17.8 Å². The van der Waals surface area contributed by atoms with Crippen LogP contribution in [-0.2, 0) is 9.59 Å². The third kappa shape index (κ3) is 3.29. The Hall–Kier alpha value is -3.94. The summed E-state index contributed by atoms with van der Waals surface area (Å²) in [6.07, 6.45) is 5.87. The van der Waals surface area contributed by atoms with Crippen LogP contribution in [0.3, 0.4) is 0 Å². The number of nitrogens with one attached hydrogen (secondary N) is 1. The van der Waals surface area contributed by atoms with Gasteiger partial charge in [-0.1, -0.05) is 54.6 Å². The molecule has 1 aromatic heterocycles. The fourth-order valence-electron chi connectivity index (χ4n) is 5.27. The van der Waals surface area contributed by atoms with Crippen molar-refractivity contribution >= 4 is 23.7 Å². The van der Waals surface area contributed by atoms with E-state index in [-0.39, 0.29) is 41.7 Å². The third-order valence-electron chi connectivity index (χ3n) is 7.09. The molecule has 4 atom stereocenters. The smallest absolute Gasteiger partial charge is 0.260 e. The van der Waals surface area contributed by atoms with E-state index in [1.807, 2.05) is 59.3 Å². The Labute approximate surface area is 197 Å². The zero-order valence-electron chi connectivity index (χ0n) is 18.8. The van der Waals surface area contributed by atoms with Gasteiger partial charge in [0.1, 0.15) is 5.75 Å². The van der Waals surface area contributed by atoms with Crippen LogP contribution in [0, 0.1) is 11.8 Å². The Morgan fingerprint density at radius 2 is 1.59 bits per heavy atom. The minimum atomic E-state index is -0.317. The lowest BCUT2D eigenvalue weighted by atomic mass is 9.85. The molecule has 2 aliphatic heterocycles. The van der Waals surface area contributed by atoms with E-state index < -0.39 is 0 Å². The SMILES string of the molecule is COc1ccc([C@H]2C[C@H](c3ccccc3)n3nc(N4C(=O)[C@H]5CC=CC[C@@H]5C4=O)nc3N2)cc1. The van der Waals surface area contributed by atoms with E-state index in [0.717, 1.165) is 23.3 Å². The first kappa shape index (κ1) is 20.7. The molecule has 1 saturated heterocycles. The lowest BCUT2D eigenvalue weighted by molar-refractivity contribution is -0.122. The largest absolute Gasteiger partial charge is 0.497 e. The summed E-state index contributed by atoms with van der Waals surface area (Å²) < 4.78 is 7.11. The highest BCUT2D eigenvalue weighted by Gasteiger charge is 2.49. The van der Waals surface area contributed by atoms with Gasteiger partial charge in [-0.05, 0) is 42.5 Å². The molecule has 0 saturated carbocycles. The lowest BCUT2D eigenvalue weighted by Crippen LogP contribution is -2.32. The highest BCUT2D eigenvalue weighted by Crippen LogP contribution is 2.41. The summed E-state index contributed by atoms with van der Waals surface area (Å²) in [5.74, 6) is 0.459. The second kappa shape index (κ2) is 8.13. The number of amides is 2. The van der Waals surface area contributed by atoms with Gasteiger partial charge in [0.05, 0.1) is 31.0 Å². The number of carbonyl (C=O) groups is 2. The van der Waals surface area contributed by atoms with Gasteiger partial charge in [-0.25, -0.2) is 9.58 Å². The van der Waals surface area contributed by atoms with Gasteiger partial charge in [-0.3, -0.25) is 9.59 Å². The van der Waals surface area contributed by atoms with Crippen molar-refractivity contribution in [2.24, 2.45) is 11.8 Å². The van der Waals surface area contributed by atoms with Crippen LogP contribution < -0.4 is 15.0 Å². The predicted molar refractivity (Wildman–Crippen MR) is 126 cm³/mol. The number of hydrogen-bond acceptors (Lipinski definition) is 6. The Balaban J connectivity index is 1.38. The van der Waals surface area contributed by atoms with Gasteiger partial charge in [0.15, 0.2) is 0 Å². The van der Waals surface area contributed by atoms with Crippen LogP contribution in [0.15, 0.2) is 66.7 Å². The summed E-state index contributed by atoms with van der Waals surface area (Å²) in [6, 6.07) is 18.0. The zero-order chi connectivity index (χ0) is 23.2. The van der Waals surface area contributed by atoms with E-state index in [2.05, 4.69) is 22.4 Å². The molecule has 1 N–H and O–H groups in total. The molecule has 3 aliphatic rings. The Morgan fingerprint density at radius 3 is 2.24 bits per heavy atom. The summed E-state index contributed by atoms with van der Waals surface area (Å²) in [7, 11) is 1.65. The molecule has 0 radical (unpaired) electrons. The standard InChI is InChI=1S/C26H25N5O3/c1-34-18-13-11-16(12-14-18)21-15-22(17-7-3-2-4-8-17)31-25(27-21)28-26(29-31)30-23(32)19-9-5-6-10-20(19)24(30)33/h2-8,11-14,19-22H,9-10,15H2,1H3,(H,27,28,29)/t19-,20-,21+,22+/m0/s1. The van der Waals surface area contributed by atoms with E-state index in [9.17, 15) is 9.59 Å². The molecule has 3 aromatic rings. The van der Waals surface area contributed by atoms with Crippen LogP contribution in [0.25, 0.3) is 0 Å². The minimum absolute atomic E-state index is 0.0163. The molecule has 6 rings (SSSR count). The van der Waals surface area contributed by atoms with Gasteiger partial charge < -0.3 is 10.1 Å². The van der Waals surface area contributed by atoms with Crippen molar-refractivity contribution in [1.29, 1.82) is 0 Å². The number of anilines is 2. The molecule has 0 spiro atoms. The van der Waals surface area contributed by atoms with Gasteiger partial charge in [0.25, 0.3) is 5.95 Å². The van der Waals surface area contributed by atoms with Crippen molar-refractivity contribution in [2.45, 2.75) is 31.3 Å². The number of methoxy groups -OCH3 is 1. The Bertz CT molecular complexity index is 1240. The molecule has 2 amide bonds. The van der Waals surface area contributed by atoms with Gasteiger partial charge >= 0.3 is 0 Å². The zero-order valence-corrected chi connectivity index (χ0v) is 18.8. The van der Waals surface area contributed by atoms with E-state index in [4.69, 9.17) is 9.84 Å². The van der Waals surface area contributed by atoms with Crippen LogP contribution in [0.4, 0.5) is 11.9 Å². The number of aromatic nitrogens is 3. The Kier molecular flexibility index (Phi) is 4.94. The number of hydrogen-bond donors (Lipinski definition) is 1. The first-order chi connectivity index (χ1) is 16.6. The second-order valence-electron chi connectivity index (χ2n) is 8.98. The fraction of sp³-hybridized carbons (Fsp3) is 0.308. The summed E-state index contributed by atoms with van der Waals surface area (Å²) >= 11 is 0. The molecular formula is C26H25N5O3. The fourth-order valence-corrected chi connectivity index (χ4v) is 5.27. The van der Waals surface area contributed by atoms with Crippen molar-refractivity contribution in [3.05, 3.63) is 77.9 Å². The van der Waals surface area contributed by atoms with Gasteiger partial charge in [-0.15, -0.1) is 5.10 Å². The monoisotopic (exact) mass is 455 g/mol. The first-order valence-corrected chi connectivity index (χ1v) is 11.6. The lowest BCUT2D eigenvalue weighted by Gasteiger charge is -2.31. The molecule has 8 heteroatoms. The first-order valence-electron chi connectivity index (χ1n) is 11.6. The number of imide groups is 1. The highest BCUT2D eigenvalue weighted by molar-refractivity contribution is 6.21. The average Bonchev–Trinajstić information content (AvgIpc) is 3.42. The molecule has 1 fully saturated rings. The van der Waals surface area contributed by atoms with Crippen molar-refractivity contribution in [3.63, 3.8) is 0 Å². The van der Waals surface area contributed by atoms with Crippen LogP contribution >= 0.6 is 0 Å². The maximum atomic E-state index is 13.1. The summed E-state index contributed by atoms with van der Waals surface area (Å²) in [5.41, 5.74) is 2.19. The summed E-state index contributed by atoms with van der Waals surface area (Å²) in [4.78, 5) is 32.1. The van der Waals surface area contributed by atoms with E-state index in [0.29, 0.717) is 18.8 Å². The van der Waals surface area contributed by atoms with Crippen LogP contribution in [-0.4, -0.2) is 33.7 Å². The number of benzene rings is 2. The molecule has 3 heterocycles. The maximum absolute atomic E-state index is 13.1. The normalized spacial score (nSPS) is 25.6. The number of fused-ring (bicyclic) bond motifs is 2.